The molecule has 0 aromatic heterocycles. The van der Waals surface area contributed by atoms with Crippen LogP contribution in [0.15, 0.2) is 5.11 Å². The lowest BCUT2D eigenvalue weighted by Crippen LogP contribution is -2.61. The molecule has 0 aromatic carbocycles. The number of nitrogens with one attached hydrogen (secondary N) is 1. The highest BCUT2D eigenvalue weighted by atomic mass is 16.5. The van der Waals surface area contributed by atoms with E-state index < -0.39 is 5.54 Å². The second kappa shape index (κ2) is 7.33. The van der Waals surface area contributed by atoms with Crippen molar-refractivity contribution < 1.29 is 9.53 Å². The number of ether oxygens (including phenoxy) is 1. The molecule has 1 aliphatic heterocycles. The molecule has 1 heterocycles. The van der Waals surface area contributed by atoms with Crippen molar-refractivity contribution in [1.29, 1.82) is 0 Å². The fraction of sp³-hybridized carbons (Fsp3) is 0.917. The number of esters is 1. The van der Waals surface area contributed by atoms with Gasteiger partial charge in [0.15, 0.2) is 0 Å². The highest BCUT2D eigenvalue weighted by Gasteiger charge is 2.44. The minimum Gasteiger partial charge on any atom is -0.465 e. The largest absolute Gasteiger partial charge is 0.465 e. The molecule has 1 fully saturated rings. The van der Waals surface area contributed by atoms with Gasteiger partial charge in [-0.15, -0.1) is 0 Å². The first-order chi connectivity index (χ1) is 9.05. The molecule has 1 N–H and O–H groups in total. The van der Waals surface area contributed by atoms with Gasteiger partial charge in [-0.1, -0.05) is 5.11 Å². The fourth-order valence-electron chi connectivity index (χ4n) is 2.43. The number of piperidine rings is 1. The second-order valence-electron chi connectivity index (χ2n) is 4.97. The summed E-state index contributed by atoms with van der Waals surface area (Å²) < 4.78 is 5.20. The maximum absolute atomic E-state index is 12.2. The zero-order chi connectivity index (χ0) is 14.3. The van der Waals surface area contributed by atoms with Crippen molar-refractivity contribution in [3.63, 3.8) is 0 Å². The molecule has 0 radical (unpaired) electrons. The van der Waals surface area contributed by atoms with Gasteiger partial charge in [-0.05, 0) is 39.3 Å². The molecule has 0 aromatic rings. The molecule has 7 heteroatoms. The first-order valence-electron chi connectivity index (χ1n) is 6.69. The van der Waals surface area contributed by atoms with Crippen molar-refractivity contribution in [2.45, 2.75) is 38.3 Å². The lowest BCUT2D eigenvalue weighted by Gasteiger charge is -2.43. The molecule has 1 aliphatic rings. The molecule has 0 aliphatic carbocycles. The summed E-state index contributed by atoms with van der Waals surface area (Å²) in [6.07, 6.45) is 1.42. The number of carbonyl (C=O) groups is 1. The van der Waals surface area contributed by atoms with Crippen molar-refractivity contribution in [2.24, 2.45) is 5.11 Å². The third-order valence-electron chi connectivity index (χ3n) is 3.69. The lowest BCUT2D eigenvalue weighted by atomic mass is 9.83. The molecule has 2 atom stereocenters. The van der Waals surface area contributed by atoms with E-state index in [-0.39, 0.29) is 5.97 Å². The third-order valence-corrected chi connectivity index (χ3v) is 3.69. The van der Waals surface area contributed by atoms with Gasteiger partial charge in [-0.2, -0.15) is 0 Å². The first-order valence-corrected chi connectivity index (χ1v) is 6.69. The van der Waals surface area contributed by atoms with Gasteiger partial charge in [0.25, 0.3) is 0 Å². The van der Waals surface area contributed by atoms with Crippen molar-refractivity contribution in [3.8, 4) is 0 Å². The maximum atomic E-state index is 12.2. The Labute approximate surface area is 113 Å². The van der Waals surface area contributed by atoms with Crippen molar-refractivity contribution >= 4 is 5.97 Å². The Hall–Kier alpha value is -1.30. The van der Waals surface area contributed by atoms with E-state index in [1.54, 1.807) is 0 Å². The molecule has 1 saturated heterocycles. The van der Waals surface area contributed by atoms with E-state index in [0.29, 0.717) is 38.6 Å². The van der Waals surface area contributed by atoms with Crippen LogP contribution in [0.5, 0.6) is 0 Å². The van der Waals surface area contributed by atoms with Crippen molar-refractivity contribution in [2.75, 3.05) is 33.3 Å². The van der Waals surface area contributed by atoms with Gasteiger partial charge in [0.05, 0.1) is 6.61 Å². The van der Waals surface area contributed by atoms with E-state index in [2.05, 4.69) is 34.2 Å². The lowest BCUT2D eigenvalue weighted by molar-refractivity contribution is -0.154. The predicted molar refractivity (Wildman–Crippen MR) is 72.7 cm³/mol. The van der Waals surface area contributed by atoms with Crippen LogP contribution in [0.3, 0.4) is 0 Å². The Morgan fingerprint density at radius 3 is 3.00 bits per heavy atom. The molecule has 1 rings (SSSR count). The van der Waals surface area contributed by atoms with Crippen LogP contribution < -0.4 is 5.32 Å². The van der Waals surface area contributed by atoms with Gasteiger partial charge < -0.3 is 15.0 Å². The van der Waals surface area contributed by atoms with E-state index in [9.17, 15) is 4.79 Å². The summed E-state index contributed by atoms with van der Waals surface area (Å²) in [6.45, 7) is 5.95. The van der Waals surface area contributed by atoms with Crippen LogP contribution in [0, 0.1) is 0 Å². The summed E-state index contributed by atoms with van der Waals surface area (Å²) >= 11 is 0. The zero-order valence-electron chi connectivity index (χ0n) is 11.9. The van der Waals surface area contributed by atoms with E-state index in [1.807, 2.05) is 6.92 Å². The molecule has 2 unspecified atom stereocenters. The zero-order valence-corrected chi connectivity index (χ0v) is 11.9. The molecular weight excluding hydrogens is 246 g/mol. The number of carbonyl (C=O) groups excluding carboxylic acids is 1. The number of hydrogen-bond acceptors (Lipinski definition) is 5. The van der Waals surface area contributed by atoms with Crippen LogP contribution in [0.2, 0.25) is 0 Å². The van der Waals surface area contributed by atoms with Crippen LogP contribution >= 0.6 is 0 Å². The third kappa shape index (κ3) is 4.09. The number of hydrogen-bond donors (Lipinski definition) is 1. The van der Waals surface area contributed by atoms with Gasteiger partial charge in [0.2, 0.25) is 0 Å². The molecule has 7 nitrogen and oxygen atoms in total. The quantitative estimate of drug-likeness (QED) is 0.259. The molecule has 0 spiro atoms. The Morgan fingerprint density at radius 1 is 1.68 bits per heavy atom. The maximum Gasteiger partial charge on any atom is 0.326 e. The van der Waals surface area contributed by atoms with E-state index in [0.717, 1.165) is 6.54 Å². The Morgan fingerprint density at radius 2 is 2.42 bits per heavy atom. The standard InChI is InChI=1S/C12H23N5O2/c1-4-19-11(18)12(14-6-7-15-16-13)5-8-17(3)10(2)9-12/h10,14H,4-9H2,1-3H3. The average molecular weight is 269 g/mol. The Balaban J connectivity index is 2.72. The van der Waals surface area contributed by atoms with Gasteiger partial charge in [-0.25, -0.2) is 0 Å². The number of likely N-dealkylation sites (tertiary alicyclic amines) is 1. The number of rotatable bonds is 6. The van der Waals surface area contributed by atoms with E-state index in [4.69, 9.17) is 10.3 Å². The van der Waals surface area contributed by atoms with Crippen LogP contribution in [0.1, 0.15) is 26.7 Å². The number of nitrogens with zero attached hydrogens (tertiary/aromatic N) is 4. The topological polar surface area (TPSA) is 90.3 Å². The molecule has 108 valence electrons. The van der Waals surface area contributed by atoms with Gasteiger partial charge >= 0.3 is 5.97 Å². The Kier molecular flexibility index (Phi) is 6.08. The number of azide groups is 1. The fourth-order valence-corrected chi connectivity index (χ4v) is 2.43. The highest BCUT2D eigenvalue weighted by molar-refractivity contribution is 5.81. The SMILES string of the molecule is CCOC(=O)C1(NCCN=[N+]=[N-])CCN(C)C(C)C1. The minimum atomic E-state index is -0.646. The smallest absolute Gasteiger partial charge is 0.326 e. The summed E-state index contributed by atoms with van der Waals surface area (Å²) in [5, 5.41) is 6.72. The molecule has 19 heavy (non-hydrogen) atoms. The summed E-state index contributed by atoms with van der Waals surface area (Å²) in [7, 11) is 2.06. The molecule has 0 bridgehead atoms. The van der Waals surface area contributed by atoms with Crippen LogP contribution in [0.4, 0.5) is 0 Å². The molecule has 0 saturated carbocycles. The van der Waals surface area contributed by atoms with Crippen LogP contribution in [0.25, 0.3) is 10.4 Å². The van der Waals surface area contributed by atoms with E-state index >= 15 is 0 Å². The molecule has 0 amide bonds. The van der Waals surface area contributed by atoms with E-state index in [1.165, 1.54) is 0 Å². The minimum absolute atomic E-state index is 0.198. The van der Waals surface area contributed by atoms with Crippen LogP contribution in [-0.2, 0) is 9.53 Å². The monoisotopic (exact) mass is 269 g/mol. The van der Waals surface area contributed by atoms with Crippen molar-refractivity contribution in [3.05, 3.63) is 10.4 Å². The summed E-state index contributed by atoms with van der Waals surface area (Å²) in [6, 6.07) is 0.310. The average Bonchev–Trinajstić information content (AvgIpc) is 2.39. The van der Waals surface area contributed by atoms with Crippen molar-refractivity contribution in [1.82, 2.24) is 10.2 Å². The second-order valence-corrected chi connectivity index (χ2v) is 4.97. The summed E-state index contributed by atoms with van der Waals surface area (Å²) in [5.74, 6) is -0.198. The normalized spacial score (nSPS) is 27.6. The highest BCUT2D eigenvalue weighted by Crippen LogP contribution is 2.27. The predicted octanol–water partition coefficient (Wildman–Crippen LogP) is 1.30. The van der Waals surface area contributed by atoms with Gasteiger partial charge in [0.1, 0.15) is 5.54 Å². The van der Waals surface area contributed by atoms with Crippen LogP contribution in [-0.4, -0.2) is 55.7 Å². The summed E-state index contributed by atoms with van der Waals surface area (Å²) in [4.78, 5) is 17.2. The molecular formula is C12H23N5O2. The Bertz CT molecular complexity index is 356. The first kappa shape index (κ1) is 15.8. The van der Waals surface area contributed by atoms with Gasteiger partial charge in [-0.3, -0.25) is 4.79 Å². The summed E-state index contributed by atoms with van der Waals surface area (Å²) in [5.41, 5.74) is 7.62. The van der Waals surface area contributed by atoms with Gasteiger partial charge in [0, 0.05) is 30.6 Å².